The van der Waals surface area contributed by atoms with Crippen LogP contribution in [-0.2, 0) is 10.0 Å². The van der Waals surface area contributed by atoms with Gasteiger partial charge in [-0.15, -0.1) is 11.3 Å². The summed E-state index contributed by atoms with van der Waals surface area (Å²) in [7, 11) is -3.60. The van der Waals surface area contributed by atoms with E-state index < -0.39 is 10.0 Å². The first kappa shape index (κ1) is 17.6. The van der Waals surface area contributed by atoms with Gasteiger partial charge >= 0.3 is 0 Å². The van der Waals surface area contributed by atoms with Crippen LogP contribution in [0.25, 0.3) is 0 Å². The van der Waals surface area contributed by atoms with Crippen molar-refractivity contribution in [2.24, 2.45) is 0 Å². The fraction of sp³-hybridized carbons (Fsp3) is 0.562. The van der Waals surface area contributed by atoms with Gasteiger partial charge in [-0.25, -0.2) is 18.1 Å². The number of likely N-dealkylation sites (tertiary alicyclic amines) is 1. The summed E-state index contributed by atoms with van der Waals surface area (Å²) in [6, 6.07) is 3.66. The van der Waals surface area contributed by atoms with Crippen molar-refractivity contribution in [1.82, 2.24) is 14.6 Å². The molecule has 0 aliphatic carbocycles. The molecular formula is C16H23N3O3S2. The maximum atomic E-state index is 12.5. The van der Waals surface area contributed by atoms with E-state index in [1.807, 2.05) is 26.0 Å². The molecule has 1 atom stereocenters. The second kappa shape index (κ2) is 7.35. The topological polar surface area (TPSA) is 75.4 Å². The van der Waals surface area contributed by atoms with Gasteiger partial charge in [0.1, 0.15) is 5.76 Å². The van der Waals surface area contributed by atoms with Crippen LogP contribution in [0.1, 0.15) is 41.6 Å². The maximum absolute atomic E-state index is 12.5. The van der Waals surface area contributed by atoms with E-state index in [0.29, 0.717) is 0 Å². The molecule has 24 heavy (non-hydrogen) atoms. The number of nitrogens with zero attached hydrogens (tertiary/aromatic N) is 2. The van der Waals surface area contributed by atoms with Crippen molar-refractivity contribution in [1.29, 1.82) is 0 Å². The highest BCUT2D eigenvalue weighted by Crippen LogP contribution is 2.26. The summed E-state index contributed by atoms with van der Waals surface area (Å²) in [5.41, 5.74) is 0.763. The van der Waals surface area contributed by atoms with Crippen molar-refractivity contribution in [3.8, 4) is 0 Å². The van der Waals surface area contributed by atoms with Gasteiger partial charge in [-0.1, -0.05) is 6.42 Å². The van der Waals surface area contributed by atoms with Crippen LogP contribution in [-0.4, -0.2) is 37.9 Å². The lowest BCUT2D eigenvalue weighted by atomic mass is 10.1. The van der Waals surface area contributed by atoms with Gasteiger partial charge in [-0.2, -0.15) is 0 Å². The van der Waals surface area contributed by atoms with Gasteiger partial charge in [0.05, 0.1) is 18.0 Å². The van der Waals surface area contributed by atoms with Crippen molar-refractivity contribution in [2.45, 2.75) is 43.5 Å². The van der Waals surface area contributed by atoms with Crippen LogP contribution in [0.4, 0.5) is 0 Å². The Bertz CT molecular complexity index is 743. The Balaban J connectivity index is 1.75. The molecule has 3 rings (SSSR count). The van der Waals surface area contributed by atoms with Crippen molar-refractivity contribution >= 4 is 21.4 Å². The normalized spacial score (nSPS) is 17.9. The minimum atomic E-state index is -3.60. The molecule has 2 aromatic rings. The van der Waals surface area contributed by atoms with Gasteiger partial charge in [0, 0.05) is 11.4 Å². The third-order valence-electron chi connectivity index (χ3n) is 4.41. The van der Waals surface area contributed by atoms with Crippen molar-refractivity contribution in [3.05, 3.63) is 34.7 Å². The summed E-state index contributed by atoms with van der Waals surface area (Å²) in [6.45, 7) is 5.91. The average Bonchev–Trinajstić information content (AvgIpc) is 3.20. The van der Waals surface area contributed by atoms with Crippen LogP contribution in [0, 0.1) is 13.8 Å². The first-order valence-electron chi connectivity index (χ1n) is 8.18. The van der Waals surface area contributed by atoms with E-state index in [0.717, 1.165) is 42.3 Å². The van der Waals surface area contributed by atoms with E-state index in [9.17, 15) is 8.42 Å². The number of hydrogen-bond donors (Lipinski definition) is 1. The molecule has 0 amide bonds. The number of thiazole rings is 1. The van der Waals surface area contributed by atoms with Gasteiger partial charge < -0.3 is 4.42 Å². The van der Waals surface area contributed by atoms with E-state index in [-0.39, 0.29) is 16.9 Å². The quantitative estimate of drug-likeness (QED) is 0.847. The van der Waals surface area contributed by atoms with Crippen LogP contribution in [0.2, 0.25) is 0 Å². The predicted octanol–water partition coefficient (Wildman–Crippen LogP) is 2.86. The fourth-order valence-corrected chi connectivity index (χ4v) is 5.32. The van der Waals surface area contributed by atoms with E-state index in [1.54, 1.807) is 6.26 Å². The molecular weight excluding hydrogens is 346 g/mol. The summed E-state index contributed by atoms with van der Waals surface area (Å²) >= 11 is 1.21. The number of aryl methyl sites for hydroxylation is 2. The molecule has 1 fully saturated rings. The minimum absolute atomic E-state index is 0.0859. The van der Waals surface area contributed by atoms with E-state index in [1.165, 1.54) is 17.8 Å². The van der Waals surface area contributed by atoms with Gasteiger partial charge in [-0.05, 0) is 51.9 Å². The summed E-state index contributed by atoms with van der Waals surface area (Å²) < 4.78 is 33.5. The molecule has 0 radical (unpaired) electrons. The molecule has 1 N–H and O–H groups in total. The van der Waals surface area contributed by atoms with E-state index in [2.05, 4.69) is 14.6 Å². The number of aromatic nitrogens is 1. The van der Waals surface area contributed by atoms with E-state index >= 15 is 0 Å². The molecule has 1 aliphatic rings. The molecule has 1 aliphatic heterocycles. The molecule has 2 aromatic heterocycles. The predicted molar refractivity (Wildman–Crippen MR) is 93.6 cm³/mol. The average molecular weight is 370 g/mol. The Morgan fingerprint density at radius 2 is 2.08 bits per heavy atom. The van der Waals surface area contributed by atoms with Crippen LogP contribution in [0.5, 0.6) is 0 Å². The highest BCUT2D eigenvalue weighted by Gasteiger charge is 2.27. The van der Waals surface area contributed by atoms with Crippen LogP contribution >= 0.6 is 11.3 Å². The Labute approximate surface area is 146 Å². The number of nitrogens with one attached hydrogen (secondary N) is 1. The Morgan fingerprint density at radius 3 is 2.67 bits per heavy atom. The monoisotopic (exact) mass is 369 g/mol. The zero-order chi connectivity index (χ0) is 17.2. The zero-order valence-electron chi connectivity index (χ0n) is 14.0. The molecule has 1 saturated heterocycles. The first-order valence-corrected chi connectivity index (χ1v) is 10.5. The lowest BCUT2D eigenvalue weighted by Gasteiger charge is -2.33. The van der Waals surface area contributed by atoms with Crippen molar-refractivity contribution in [3.63, 3.8) is 0 Å². The fourth-order valence-electron chi connectivity index (χ4n) is 2.93. The van der Waals surface area contributed by atoms with Crippen LogP contribution in [0.15, 0.2) is 27.2 Å². The molecule has 0 saturated carbocycles. The Kier molecular flexibility index (Phi) is 5.39. The molecule has 0 spiro atoms. The SMILES string of the molecule is Cc1nc(S(=O)(=O)NCC(c2ccco2)N2CCCCC2)sc1C. The van der Waals surface area contributed by atoms with Gasteiger partial charge in [0.25, 0.3) is 10.0 Å². The Hall–Kier alpha value is -1.22. The lowest BCUT2D eigenvalue weighted by molar-refractivity contribution is 0.147. The highest BCUT2D eigenvalue weighted by molar-refractivity contribution is 7.91. The highest BCUT2D eigenvalue weighted by atomic mass is 32.2. The number of piperidine rings is 1. The molecule has 1 unspecified atom stereocenters. The van der Waals surface area contributed by atoms with Crippen molar-refractivity contribution in [2.75, 3.05) is 19.6 Å². The third-order valence-corrected chi connectivity index (χ3v) is 7.28. The van der Waals surface area contributed by atoms with Gasteiger partial charge in [-0.3, -0.25) is 4.90 Å². The summed E-state index contributed by atoms with van der Waals surface area (Å²) in [6.07, 6.45) is 5.13. The molecule has 132 valence electrons. The van der Waals surface area contributed by atoms with Crippen LogP contribution in [0.3, 0.4) is 0 Å². The Morgan fingerprint density at radius 1 is 1.33 bits per heavy atom. The molecule has 0 aromatic carbocycles. The second-order valence-electron chi connectivity index (χ2n) is 6.10. The summed E-state index contributed by atoms with van der Waals surface area (Å²) in [5, 5.41) is 0. The minimum Gasteiger partial charge on any atom is -0.468 e. The standard InChI is InChI=1S/C16H23N3O3S2/c1-12-13(2)23-16(18-12)24(20,21)17-11-14(15-7-6-10-22-15)19-8-4-3-5-9-19/h6-7,10,14,17H,3-5,8-9,11H2,1-2H3. The molecule has 3 heterocycles. The first-order chi connectivity index (χ1) is 11.5. The van der Waals surface area contributed by atoms with Crippen LogP contribution < -0.4 is 4.72 Å². The van der Waals surface area contributed by atoms with Gasteiger partial charge in [0.2, 0.25) is 4.34 Å². The summed E-state index contributed by atoms with van der Waals surface area (Å²) in [4.78, 5) is 7.39. The second-order valence-corrected chi connectivity index (χ2v) is 9.24. The van der Waals surface area contributed by atoms with E-state index in [4.69, 9.17) is 4.42 Å². The number of hydrogen-bond acceptors (Lipinski definition) is 6. The molecule has 0 bridgehead atoms. The number of sulfonamides is 1. The summed E-state index contributed by atoms with van der Waals surface area (Å²) in [5.74, 6) is 0.797. The van der Waals surface area contributed by atoms with Gasteiger partial charge in [0.15, 0.2) is 0 Å². The zero-order valence-corrected chi connectivity index (χ0v) is 15.6. The lowest BCUT2D eigenvalue weighted by Crippen LogP contribution is -2.40. The third kappa shape index (κ3) is 3.88. The molecule has 6 nitrogen and oxygen atoms in total. The molecule has 8 heteroatoms. The number of furan rings is 1. The number of rotatable bonds is 6. The van der Waals surface area contributed by atoms with Crippen molar-refractivity contribution < 1.29 is 12.8 Å². The maximum Gasteiger partial charge on any atom is 0.267 e. The largest absolute Gasteiger partial charge is 0.468 e. The smallest absolute Gasteiger partial charge is 0.267 e.